The van der Waals surface area contributed by atoms with E-state index in [1.165, 1.54) is 5.56 Å². The zero-order chi connectivity index (χ0) is 22.1. The molecule has 1 aromatic carbocycles. The normalized spacial score (nSPS) is 18.8. The van der Waals surface area contributed by atoms with Crippen LogP contribution in [0.4, 0.5) is 5.82 Å². The molecule has 2 fully saturated rings. The van der Waals surface area contributed by atoms with Gasteiger partial charge in [-0.1, -0.05) is 12.1 Å². The standard InChI is InChI=1S/C25H28N6O/c1-16-11-19(4-3-18(16)12-17(2)25(32)29-22-5-6-22)24-26-9-7-23(30-24)31-10-8-20(15-31)21-13-27-28-14-21/h3-4,7,9,11-14,20,22H,5-6,8,10,15H2,1-2H3,(H,27,28)(H,29,32)/b17-12+. The van der Waals surface area contributed by atoms with Crippen molar-refractivity contribution in [3.05, 3.63) is 65.1 Å². The van der Waals surface area contributed by atoms with E-state index in [-0.39, 0.29) is 5.91 Å². The van der Waals surface area contributed by atoms with Gasteiger partial charge in [-0.25, -0.2) is 9.97 Å². The summed E-state index contributed by atoms with van der Waals surface area (Å²) in [5.41, 5.74) is 5.09. The van der Waals surface area contributed by atoms with Crippen LogP contribution in [0, 0.1) is 6.92 Å². The van der Waals surface area contributed by atoms with Crippen LogP contribution >= 0.6 is 0 Å². The third-order valence-corrected chi connectivity index (χ3v) is 6.31. The number of hydrogen-bond donors (Lipinski definition) is 2. The van der Waals surface area contributed by atoms with Crippen molar-refractivity contribution < 1.29 is 4.79 Å². The number of hydrogen-bond acceptors (Lipinski definition) is 5. The zero-order valence-corrected chi connectivity index (χ0v) is 18.5. The lowest BCUT2D eigenvalue weighted by Gasteiger charge is -2.18. The largest absolute Gasteiger partial charge is 0.356 e. The molecule has 1 saturated carbocycles. The molecule has 1 unspecified atom stereocenters. The zero-order valence-electron chi connectivity index (χ0n) is 18.5. The van der Waals surface area contributed by atoms with Crippen LogP contribution in [0.2, 0.25) is 0 Å². The monoisotopic (exact) mass is 428 g/mol. The maximum Gasteiger partial charge on any atom is 0.247 e. The highest BCUT2D eigenvalue weighted by Gasteiger charge is 2.26. The predicted molar refractivity (Wildman–Crippen MR) is 125 cm³/mol. The topological polar surface area (TPSA) is 86.8 Å². The lowest BCUT2D eigenvalue weighted by Crippen LogP contribution is -2.25. The minimum Gasteiger partial charge on any atom is -0.356 e. The summed E-state index contributed by atoms with van der Waals surface area (Å²) < 4.78 is 0. The van der Waals surface area contributed by atoms with Gasteiger partial charge in [0.2, 0.25) is 5.91 Å². The quantitative estimate of drug-likeness (QED) is 0.583. The van der Waals surface area contributed by atoms with Crippen molar-refractivity contribution in [3.63, 3.8) is 0 Å². The molecule has 7 heteroatoms. The summed E-state index contributed by atoms with van der Waals surface area (Å²) in [6.45, 7) is 5.82. The highest BCUT2D eigenvalue weighted by Crippen LogP contribution is 2.30. The molecule has 3 aromatic rings. The maximum absolute atomic E-state index is 12.2. The van der Waals surface area contributed by atoms with Gasteiger partial charge >= 0.3 is 0 Å². The molecule has 2 aromatic heterocycles. The van der Waals surface area contributed by atoms with Crippen LogP contribution in [0.25, 0.3) is 17.5 Å². The van der Waals surface area contributed by atoms with Gasteiger partial charge in [0, 0.05) is 48.6 Å². The van der Waals surface area contributed by atoms with Crippen molar-refractivity contribution in [1.82, 2.24) is 25.5 Å². The van der Waals surface area contributed by atoms with E-state index in [4.69, 9.17) is 4.98 Å². The summed E-state index contributed by atoms with van der Waals surface area (Å²) >= 11 is 0. The Balaban J connectivity index is 1.32. The summed E-state index contributed by atoms with van der Waals surface area (Å²) in [7, 11) is 0. The van der Waals surface area contributed by atoms with E-state index in [9.17, 15) is 4.79 Å². The van der Waals surface area contributed by atoms with Gasteiger partial charge in [0.15, 0.2) is 5.82 Å². The van der Waals surface area contributed by atoms with Gasteiger partial charge in [-0.2, -0.15) is 5.10 Å². The van der Waals surface area contributed by atoms with E-state index in [2.05, 4.69) is 38.4 Å². The number of nitrogens with zero attached hydrogens (tertiary/aromatic N) is 4. The number of H-pyrrole nitrogens is 1. The summed E-state index contributed by atoms with van der Waals surface area (Å²) in [4.78, 5) is 23.9. The highest BCUT2D eigenvalue weighted by molar-refractivity contribution is 5.97. The molecule has 32 heavy (non-hydrogen) atoms. The number of carbonyl (C=O) groups excluding carboxylic acids is 1. The van der Waals surface area contributed by atoms with Crippen LogP contribution < -0.4 is 10.2 Å². The van der Waals surface area contributed by atoms with Crippen LogP contribution in [0.3, 0.4) is 0 Å². The minimum absolute atomic E-state index is 0.0198. The van der Waals surface area contributed by atoms with E-state index >= 15 is 0 Å². The molecule has 0 bridgehead atoms. The van der Waals surface area contributed by atoms with Crippen LogP contribution in [-0.4, -0.2) is 45.2 Å². The summed E-state index contributed by atoms with van der Waals surface area (Å²) in [5.74, 6) is 2.17. The second-order valence-corrected chi connectivity index (χ2v) is 8.85. The van der Waals surface area contributed by atoms with Crippen molar-refractivity contribution in [3.8, 4) is 11.4 Å². The third kappa shape index (κ3) is 4.42. The number of carbonyl (C=O) groups is 1. The van der Waals surface area contributed by atoms with Gasteiger partial charge in [-0.3, -0.25) is 9.89 Å². The number of anilines is 1. The molecule has 2 N–H and O–H groups in total. The van der Waals surface area contributed by atoms with Crippen molar-refractivity contribution in [2.45, 2.75) is 45.1 Å². The molecular weight excluding hydrogens is 400 g/mol. The van der Waals surface area contributed by atoms with E-state index in [1.807, 2.05) is 49.8 Å². The summed E-state index contributed by atoms with van der Waals surface area (Å²) in [6.07, 6.45) is 10.9. The van der Waals surface area contributed by atoms with Gasteiger partial charge in [0.25, 0.3) is 0 Å². The molecular formula is C25H28N6O. The number of nitrogens with one attached hydrogen (secondary N) is 2. The molecule has 5 rings (SSSR count). The molecule has 1 atom stereocenters. The van der Waals surface area contributed by atoms with Crippen molar-refractivity contribution in [1.29, 1.82) is 0 Å². The number of aromatic amines is 1. The molecule has 1 amide bonds. The van der Waals surface area contributed by atoms with Crippen LogP contribution in [0.15, 0.2) is 48.4 Å². The second kappa shape index (κ2) is 8.57. The Kier molecular flexibility index (Phi) is 5.47. The van der Waals surface area contributed by atoms with E-state index in [0.717, 1.165) is 66.3 Å². The van der Waals surface area contributed by atoms with Gasteiger partial charge in [-0.15, -0.1) is 0 Å². The predicted octanol–water partition coefficient (Wildman–Crippen LogP) is 3.85. The number of aryl methyl sites for hydroxylation is 1. The third-order valence-electron chi connectivity index (χ3n) is 6.31. The Morgan fingerprint density at radius 1 is 1.25 bits per heavy atom. The van der Waals surface area contributed by atoms with Gasteiger partial charge in [-0.05, 0) is 68.0 Å². The molecule has 7 nitrogen and oxygen atoms in total. The van der Waals surface area contributed by atoms with Gasteiger partial charge < -0.3 is 10.2 Å². The first-order chi connectivity index (χ1) is 15.6. The molecule has 0 spiro atoms. The smallest absolute Gasteiger partial charge is 0.247 e. The number of rotatable bonds is 6. The number of benzene rings is 1. The average Bonchev–Trinajstić information content (AvgIpc) is 3.26. The van der Waals surface area contributed by atoms with Crippen LogP contribution in [0.1, 0.15) is 48.8 Å². The Labute approximate surface area is 188 Å². The fourth-order valence-electron chi connectivity index (χ4n) is 4.19. The Morgan fingerprint density at radius 2 is 2.12 bits per heavy atom. The first-order valence-electron chi connectivity index (χ1n) is 11.2. The summed E-state index contributed by atoms with van der Waals surface area (Å²) in [5, 5.41) is 10.0. The molecule has 2 aliphatic rings. The van der Waals surface area contributed by atoms with Gasteiger partial charge in [0.1, 0.15) is 5.82 Å². The highest BCUT2D eigenvalue weighted by atomic mass is 16.1. The van der Waals surface area contributed by atoms with E-state index in [0.29, 0.717) is 12.0 Å². The molecule has 164 valence electrons. The van der Waals surface area contributed by atoms with E-state index < -0.39 is 0 Å². The Hall–Kier alpha value is -3.48. The Bertz CT molecular complexity index is 1150. The number of amides is 1. The summed E-state index contributed by atoms with van der Waals surface area (Å²) in [6, 6.07) is 8.51. The second-order valence-electron chi connectivity index (χ2n) is 8.85. The Morgan fingerprint density at radius 3 is 2.88 bits per heavy atom. The van der Waals surface area contributed by atoms with Crippen LogP contribution in [0.5, 0.6) is 0 Å². The lowest BCUT2D eigenvalue weighted by atomic mass is 10.0. The molecule has 1 aliphatic carbocycles. The van der Waals surface area contributed by atoms with Crippen molar-refractivity contribution in [2.24, 2.45) is 0 Å². The molecule has 1 aliphatic heterocycles. The maximum atomic E-state index is 12.2. The molecule has 0 radical (unpaired) electrons. The first-order valence-corrected chi connectivity index (χ1v) is 11.2. The van der Waals surface area contributed by atoms with Crippen molar-refractivity contribution >= 4 is 17.8 Å². The fourth-order valence-corrected chi connectivity index (χ4v) is 4.19. The van der Waals surface area contributed by atoms with E-state index in [1.54, 1.807) is 0 Å². The van der Waals surface area contributed by atoms with Crippen molar-refractivity contribution in [2.75, 3.05) is 18.0 Å². The first kappa shape index (κ1) is 20.4. The minimum atomic E-state index is 0.0198. The number of aromatic nitrogens is 4. The SMILES string of the molecule is C/C(=C\c1ccc(-c2nccc(N3CCC(c4cn[nH]c4)C3)n2)cc1C)C(=O)NC1CC1. The lowest BCUT2D eigenvalue weighted by molar-refractivity contribution is -0.117. The fraction of sp³-hybridized carbons (Fsp3) is 0.360. The molecule has 1 saturated heterocycles. The van der Waals surface area contributed by atoms with Gasteiger partial charge in [0.05, 0.1) is 6.20 Å². The molecule has 3 heterocycles. The average molecular weight is 429 g/mol. The van der Waals surface area contributed by atoms with Crippen LogP contribution in [-0.2, 0) is 4.79 Å².